The van der Waals surface area contributed by atoms with E-state index in [0.717, 1.165) is 17.6 Å². The molecule has 0 saturated heterocycles. The highest BCUT2D eigenvalue weighted by Crippen LogP contribution is 2.26. The van der Waals surface area contributed by atoms with Crippen molar-refractivity contribution in [3.8, 4) is 0 Å². The van der Waals surface area contributed by atoms with Gasteiger partial charge < -0.3 is 19.7 Å². The lowest BCUT2D eigenvalue weighted by Crippen LogP contribution is -2.39. The Labute approximate surface area is 130 Å². The first kappa shape index (κ1) is 17.4. The van der Waals surface area contributed by atoms with Gasteiger partial charge in [0.2, 0.25) is 0 Å². The van der Waals surface area contributed by atoms with Gasteiger partial charge in [0.05, 0.1) is 13.2 Å². The number of nitrogens with one attached hydrogen (secondary N) is 1. The molecule has 1 N–H and O–H groups in total. The van der Waals surface area contributed by atoms with E-state index in [1.165, 1.54) is 11.3 Å². The predicted octanol–water partition coefficient (Wildman–Crippen LogP) is 2.66. The summed E-state index contributed by atoms with van der Waals surface area (Å²) < 4.78 is 11.6. The zero-order chi connectivity index (χ0) is 15.0. The van der Waals surface area contributed by atoms with Gasteiger partial charge in [-0.2, -0.15) is 0 Å². The maximum atomic E-state index is 5.30. The van der Waals surface area contributed by atoms with Gasteiger partial charge in [0.25, 0.3) is 0 Å². The summed E-state index contributed by atoms with van der Waals surface area (Å²) in [5.41, 5.74) is 2.49. The van der Waals surface area contributed by atoms with Gasteiger partial charge >= 0.3 is 0 Å². The Bertz CT molecular complexity index is 401. The number of hydrogen-bond donors (Lipinski definition) is 1. The molecule has 0 aliphatic carbocycles. The van der Waals surface area contributed by atoms with Gasteiger partial charge in [-0.05, 0) is 37.7 Å². The molecule has 0 aromatic heterocycles. The molecule has 0 saturated carbocycles. The minimum Gasteiger partial charge on any atom is -0.383 e. The van der Waals surface area contributed by atoms with Crippen molar-refractivity contribution in [3.63, 3.8) is 0 Å². The van der Waals surface area contributed by atoms with Crippen LogP contribution in [0.3, 0.4) is 0 Å². The van der Waals surface area contributed by atoms with Gasteiger partial charge in [-0.3, -0.25) is 0 Å². The number of methoxy groups -OCH3 is 2. The third kappa shape index (κ3) is 5.05. The summed E-state index contributed by atoms with van der Waals surface area (Å²) in [6, 6.07) is 6.68. The van der Waals surface area contributed by atoms with Crippen molar-refractivity contribution in [2.45, 2.75) is 19.5 Å². The molecule has 20 heavy (non-hydrogen) atoms. The van der Waals surface area contributed by atoms with Gasteiger partial charge in [-0.1, -0.05) is 15.9 Å². The van der Waals surface area contributed by atoms with Crippen molar-refractivity contribution >= 4 is 21.6 Å². The van der Waals surface area contributed by atoms with Gasteiger partial charge in [0.15, 0.2) is 0 Å². The summed E-state index contributed by atoms with van der Waals surface area (Å²) in [4.78, 5) is 2.34. The third-order valence-corrected chi connectivity index (χ3v) is 3.69. The molecule has 0 aliphatic heterocycles. The van der Waals surface area contributed by atoms with E-state index < -0.39 is 0 Å². The van der Waals surface area contributed by atoms with Crippen molar-refractivity contribution in [3.05, 3.63) is 28.2 Å². The van der Waals surface area contributed by atoms with E-state index in [0.29, 0.717) is 19.3 Å². The minimum absolute atomic E-state index is 0.298. The van der Waals surface area contributed by atoms with Gasteiger partial charge in [0, 0.05) is 43.5 Å². The second kappa shape index (κ2) is 9.34. The monoisotopic (exact) mass is 344 g/mol. The van der Waals surface area contributed by atoms with Crippen LogP contribution in [0.15, 0.2) is 22.7 Å². The van der Waals surface area contributed by atoms with Crippen LogP contribution in [0, 0.1) is 0 Å². The first-order valence-corrected chi connectivity index (χ1v) is 7.60. The molecule has 0 fully saturated rings. The molecule has 0 bridgehead atoms. The summed E-state index contributed by atoms with van der Waals surface area (Å²) in [6.07, 6.45) is 0. The number of halogens is 1. The molecule has 4 nitrogen and oxygen atoms in total. The fraction of sp³-hybridized carbons (Fsp3) is 0.600. The van der Waals surface area contributed by atoms with Gasteiger partial charge in [-0.15, -0.1) is 0 Å². The molecule has 114 valence electrons. The second-order valence-corrected chi connectivity index (χ2v) is 5.71. The molecular formula is C15H25BrN2O2. The second-order valence-electron chi connectivity index (χ2n) is 4.79. The fourth-order valence-corrected chi connectivity index (χ4v) is 2.67. The van der Waals surface area contributed by atoms with Crippen LogP contribution >= 0.6 is 15.9 Å². The van der Waals surface area contributed by atoms with E-state index in [1.54, 1.807) is 14.2 Å². The Morgan fingerprint density at radius 1 is 1.30 bits per heavy atom. The SMILES string of the molecule is CNCc1cc(Br)ccc1N(CCOC)C(C)COC. The van der Waals surface area contributed by atoms with Crippen molar-refractivity contribution < 1.29 is 9.47 Å². The largest absolute Gasteiger partial charge is 0.383 e. The summed E-state index contributed by atoms with van der Waals surface area (Å²) in [5, 5.41) is 3.22. The normalized spacial score (nSPS) is 12.4. The van der Waals surface area contributed by atoms with Crippen molar-refractivity contribution in [1.29, 1.82) is 0 Å². The Kier molecular flexibility index (Phi) is 8.14. The average Bonchev–Trinajstić information content (AvgIpc) is 2.42. The van der Waals surface area contributed by atoms with Gasteiger partial charge in [0.1, 0.15) is 0 Å². The first-order valence-electron chi connectivity index (χ1n) is 6.81. The highest BCUT2D eigenvalue weighted by molar-refractivity contribution is 9.10. The zero-order valence-corrected chi connectivity index (χ0v) is 14.4. The predicted molar refractivity (Wildman–Crippen MR) is 87.5 cm³/mol. The van der Waals surface area contributed by atoms with E-state index >= 15 is 0 Å². The Morgan fingerprint density at radius 2 is 2.05 bits per heavy atom. The van der Waals surface area contributed by atoms with E-state index in [9.17, 15) is 0 Å². The number of rotatable bonds is 9. The van der Waals surface area contributed by atoms with Crippen LogP contribution in [-0.4, -0.2) is 47.1 Å². The quantitative estimate of drug-likeness (QED) is 0.746. The van der Waals surface area contributed by atoms with Crippen LogP contribution in [0.2, 0.25) is 0 Å². The van der Waals surface area contributed by atoms with Crippen LogP contribution in [0.25, 0.3) is 0 Å². The van der Waals surface area contributed by atoms with Crippen LogP contribution in [-0.2, 0) is 16.0 Å². The van der Waals surface area contributed by atoms with Crippen LogP contribution in [0.5, 0.6) is 0 Å². The zero-order valence-electron chi connectivity index (χ0n) is 12.8. The van der Waals surface area contributed by atoms with E-state index in [2.05, 4.69) is 51.3 Å². The third-order valence-electron chi connectivity index (χ3n) is 3.19. The highest BCUT2D eigenvalue weighted by Gasteiger charge is 2.17. The first-order chi connectivity index (χ1) is 9.63. The minimum atomic E-state index is 0.298. The topological polar surface area (TPSA) is 33.7 Å². The van der Waals surface area contributed by atoms with Crippen LogP contribution < -0.4 is 10.2 Å². The number of benzene rings is 1. The molecule has 1 aromatic carbocycles. The van der Waals surface area contributed by atoms with Crippen LogP contribution in [0.1, 0.15) is 12.5 Å². The molecule has 1 unspecified atom stereocenters. The summed E-state index contributed by atoms with van der Waals surface area (Å²) in [5.74, 6) is 0. The molecular weight excluding hydrogens is 320 g/mol. The molecule has 0 amide bonds. The molecule has 0 aliphatic rings. The molecule has 0 radical (unpaired) electrons. The lowest BCUT2D eigenvalue weighted by atomic mass is 10.1. The molecule has 1 rings (SSSR count). The molecule has 0 heterocycles. The number of nitrogens with zero attached hydrogens (tertiary/aromatic N) is 1. The highest BCUT2D eigenvalue weighted by atomic mass is 79.9. The smallest absolute Gasteiger partial charge is 0.0663 e. The Hall–Kier alpha value is -0.620. The van der Waals surface area contributed by atoms with E-state index in [-0.39, 0.29) is 0 Å². The molecule has 0 spiro atoms. The standard InChI is InChI=1S/C15H25BrN2O2/c1-12(11-20-4)18(7-8-19-3)15-6-5-14(16)9-13(15)10-17-2/h5-6,9,12,17H,7-8,10-11H2,1-4H3. The molecule has 1 atom stereocenters. The fourth-order valence-electron chi connectivity index (χ4n) is 2.27. The van der Waals surface area contributed by atoms with Crippen LogP contribution in [0.4, 0.5) is 5.69 Å². The number of ether oxygens (including phenoxy) is 2. The van der Waals surface area contributed by atoms with E-state index in [1.807, 2.05) is 7.05 Å². The average molecular weight is 345 g/mol. The molecule has 1 aromatic rings. The maximum absolute atomic E-state index is 5.30. The Balaban J connectivity index is 3.04. The Morgan fingerprint density at radius 3 is 2.65 bits per heavy atom. The number of anilines is 1. The van der Waals surface area contributed by atoms with Crippen molar-refractivity contribution in [1.82, 2.24) is 5.32 Å². The molecule has 5 heteroatoms. The summed E-state index contributed by atoms with van der Waals surface area (Å²) in [6.45, 7) is 5.24. The summed E-state index contributed by atoms with van der Waals surface area (Å²) >= 11 is 3.54. The van der Waals surface area contributed by atoms with E-state index in [4.69, 9.17) is 9.47 Å². The van der Waals surface area contributed by atoms with Gasteiger partial charge in [-0.25, -0.2) is 0 Å². The lowest BCUT2D eigenvalue weighted by molar-refractivity contribution is 0.171. The summed E-state index contributed by atoms with van der Waals surface area (Å²) in [7, 11) is 5.43. The lowest BCUT2D eigenvalue weighted by Gasteiger charge is -2.32. The van der Waals surface area contributed by atoms with Crippen molar-refractivity contribution in [2.24, 2.45) is 0 Å². The number of hydrogen-bond acceptors (Lipinski definition) is 4. The maximum Gasteiger partial charge on any atom is 0.0663 e. The van der Waals surface area contributed by atoms with Crippen molar-refractivity contribution in [2.75, 3.05) is 45.9 Å².